The van der Waals surface area contributed by atoms with E-state index in [9.17, 15) is 10.1 Å². The average Bonchev–Trinajstić information content (AvgIpc) is 2.52. The summed E-state index contributed by atoms with van der Waals surface area (Å²) in [5, 5.41) is 12.0. The molecule has 1 aromatic carbocycles. The van der Waals surface area contributed by atoms with E-state index in [0.717, 1.165) is 6.42 Å². The largest absolute Gasteiger partial charge is 0.493 e. The predicted molar refractivity (Wildman–Crippen MR) is 88.7 cm³/mol. The number of nitrogens with one attached hydrogen (secondary N) is 1. The summed E-state index contributed by atoms with van der Waals surface area (Å²) < 4.78 is 11.1. The van der Waals surface area contributed by atoms with Crippen molar-refractivity contribution in [2.75, 3.05) is 14.2 Å². The second kappa shape index (κ2) is 8.44. The van der Waals surface area contributed by atoms with E-state index in [0.29, 0.717) is 21.5 Å². The standard InChI is InChI=1S/C16H19BrN2O3/c1-5-10(2)19-16(20)12(9-18)6-11-7-14(21-3)15(22-4)8-13(11)17/h6-8,10H,5H2,1-4H3,(H,19,20)/b12-6+/t10-/m0/s1. The van der Waals surface area contributed by atoms with Crippen molar-refractivity contribution in [1.29, 1.82) is 5.26 Å². The lowest BCUT2D eigenvalue weighted by atomic mass is 10.1. The molecule has 0 aliphatic carbocycles. The van der Waals surface area contributed by atoms with Gasteiger partial charge in [-0.15, -0.1) is 0 Å². The lowest BCUT2D eigenvalue weighted by Crippen LogP contribution is -2.32. The van der Waals surface area contributed by atoms with Crippen molar-refractivity contribution in [3.8, 4) is 17.6 Å². The van der Waals surface area contributed by atoms with Crippen LogP contribution in [0.5, 0.6) is 11.5 Å². The number of hydrogen-bond donors (Lipinski definition) is 1. The summed E-state index contributed by atoms with van der Waals surface area (Å²) in [5.41, 5.74) is 0.696. The molecule has 0 saturated carbocycles. The zero-order valence-corrected chi connectivity index (χ0v) is 14.7. The third-order valence-electron chi connectivity index (χ3n) is 3.16. The van der Waals surface area contributed by atoms with Crippen molar-refractivity contribution in [2.45, 2.75) is 26.3 Å². The Kier molecular flexibility index (Phi) is 6.93. The first-order valence-electron chi connectivity index (χ1n) is 6.80. The molecule has 118 valence electrons. The van der Waals surface area contributed by atoms with Gasteiger partial charge in [-0.2, -0.15) is 5.26 Å². The summed E-state index contributed by atoms with van der Waals surface area (Å²) in [6, 6.07) is 5.37. The van der Waals surface area contributed by atoms with Crippen LogP contribution >= 0.6 is 15.9 Å². The zero-order valence-electron chi connectivity index (χ0n) is 13.1. The van der Waals surface area contributed by atoms with Gasteiger partial charge in [0.1, 0.15) is 11.6 Å². The molecule has 0 aromatic heterocycles. The number of benzene rings is 1. The van der Waals surface area contributed by atoms with E-state index in [1.165, 1.54) is 13.2 Å². The quantitative estimate of drug-likeness (QED) is 0.619. The first-order valence-corrected chi connectivity index (χ1v) is 7.60. The molecule has 0 radical (unpaired) electrons. The Labute approximate surface area is 139 Å². The third-order valence-corrected chi connectivity index (χ3v) is 3.84. The number of methoxy groups -OCH3 is 2. The van der Waals surface area contributed by atoms with Gasteiger partial charge in [0.25, 0.3) is 5.91 Å². The van der Waals surface area contributed by atoms with E-state index in [1.54, 1.807) is 19.2 Å². The number of ether oxygens (including phenoxy) is 2. The van der Waals surface area contributed by atoms with E-state index in [2.05, 4.69) is 21.2 Å². The molecule has 0 fully saturated rings. The van der Waals surface area contributed by atoms with Gasteiger partial charge in [-0.3, -0.25) is 4.79 Å². The molecule has 0 aliphatic rings. The average molecular weight is 367 g/mol. The van der Waals surface area contributed by atoms with Gasteiger partial charge in [-0.25, -0.2) is 0 Å². The number of nitriles is 1. The van der Waals surface area contributed by atoms with E-state index in [1.807, 2.05) is 19.9 Å². The minimum atomic E-state index is -0.390. The molecular formula is C16H19BrN2O3. The van der Waals surface area contributed by atoms with Crippen LogP contribution < -0.4 is 14.8 Å². The van der Waals surface area contributed by atoms with Crippen LogP contribution in [0.4, 0.5) is 0 Å². The Morgan fingerprint density at radius 3 is 2.50 bits per heavy atom. The summed E-state index contributed by atoms with van der Waals surface area (Å²) in [6.45, 7) is 3.85. The summed E-state index contributed by atoms with van der Waals surface area (Å²) in [7, 11) is 3.07. The molecule has 0 saturated heterocycles. The first-order chi connectivity index (χ1) is 10.5. The highest BCUT2D eigenvalue weighted by Crippen LogP contribution is 2.34. The minimum Gasteiger partial charge on any atom is -0.493 e. The van der Waals surface area contributed by atoms with Gasteiger partial charge in [0, 0.05) is 10.5 Å². The molecule has 1 amide bonds. The van der Waals surface area contributed by atoms with Crippen molar-refractivity contribution in [3.05, 3.63) is 27.7 Å². The van der Waals surface area contributed by atoms with Gasteiger partial charge in [-0.1, -0.05) is 22.9 Å². The topological polar surface area (TPSA) is 71.4 Å². The number of carbonyl (C=O) groups excluding carboxylic acids is 1. The maximum absolute atomic E-state index is 12.1. The highest BCUT2D eigenvalue weighted by Gasteiger charge is 2.14. The molecule has 0 aliphatic heterocycles. The second-order valence-electron chi connectivity index (χ2n) is 4.68. The van der Waals surface area contributed by atoms with Crippen molar-refractivity contribution in [1.82, 2.24) is 5.32 Å². The van der Waals surface area contributed by atoms with Crippen molar-refractivity contribution in [2.24, 2.45) is 0 Å². The molecule has 0 spiro atoms. The van der Waals surface area contributed by atoms with Crippen LogP contribution in [0.15, 0.2) is 22.2 Å². The van der Waals surface area contributed by atoms with Crippen LogP contribution in [0, 0.1) is 11.3 Å². The summed E-state index contributed by atoms with van der Waals surface area (Å²) in [4.78, 5) is 12.1. The fourth-order valence-electron chi connectivity index (χ4n) is 1.69. The molecule has 1 atom stereocenters. The first kappa shape index (κ1) is 18.1. The molecule has 1 rings (SSSR count). The Balaban J connectivity index is 3.18. The molecule has 22 heavy (non-hydrogen) atoms. The van der Waals surface area contributed by atoms with Crippen LogP contribution in [0.1, 0.15) is 25.8 Å². The van der Waals surface area contributed by atoms with Gasteiger partial charge >= 0.3 is 0 Å². The van der Waals surface area contributed by atoms with Crippen LogP contribution in [-0.4, -0.2) is 26.2 Å². The van der Waals surface area contributed by atoms with Crippen molar-refractivity contribution < 1.29 is 14.3 Å². The molecule has 0 bridgehead atoms. The highest BCUT2D eigenvalue weighted by atomic mass is 79.9. The lowest BCUT2D eigenvalue weighted by molar-refractivity contribution is -0.117. The van der Waals surface area contributed by atoms with E-state index in [4.69, 9.17) is 9.47 Å². The molecule has 0 unspecified atom stereocenters. The number of carbonyl (C=O) groups is 1. The third kappa shape index (κ3) is 4.50. The molecule has 1 aromatic rings. The van der Waals surface area contributed by atoms with Gasteiger partial charge in [-0.05, 0) is 37.1 Å². The van der Waals surface area contributed by atoms with E-state index >= 15 is 0 Å². The fourth-order valence-corrected chi connectivity index (χ4v) is 2.13. The smallest absolute Gasteiger partial charge is 0.262 e. The fraction of sp³-hybridized carbons (Fsp3) is 0.375. The number of nitrogens with zero attached hydrogens (tertiary/aromatic N) is 1. The van der Waals surface area contributed by atoms with Gasteiger partial charge < -0.3 is 14.8 Å². The minimum absolute atomic E-state index is 0.0121. The molecular weight excluding hydrogens is 348 g/mol. The maximum Gasteiger partial charge on any atom is 0.262 e. The Bertz CT molecular complexity index is 621. The number of hydrogen-bond acceptors (Lipinski definition) is 4. The normalized spacial score (nSPS) is 12.3. The Hall–Kier alpha value is -2.00. The lowest BCUT2D eigenvalue weighted by Gasteiger charge is -2.12. The van der Waals surface area contributed by atoms with E-state index in [-0.39, 0.29) is 11.6 Å². The zero-order chi connectivity index (χ0) is 16.7. The summed E-state index contributed by atoms with van der Waals surface area (Å²) in [6.07, 6.45) is 2.31. The van der Waals surface area contributed by atoms with Crippen LogP contribution in [-0.2, 0) is 4.79 Å². The molecule has 1 N–H and O–H groups in total. The highest BCUT2D eigenvalue weighted by molar-refractivity contribution is 9.10. The number of halogens is 1. The number of rotatable bonds is 6. The summed E-state index contributed by atoms with van der Waals surface area (Å²) >= 11 is 3.40. The molecule has 5 nitrogen and oxygen atoms in total. The van der Waals surface area contributed by atoms with Gasteiger partial charge in [0.15, 0.2) is 11.5 Å². The second-order valence-corrected chi connectivity index (χ2v) is 5.54. The maximum atomic E-state index is 12.1. The van der Waals surface area contributed by atoms with Gasteiger partial charge in [0.2, 0.25) is 0 Å². The number of amides is 1. The Morgan fingerprint density at radius 1 is 1.41 bits per heavy atom. The van der Waals surface area contributed by atoms with Crippen molar-refractivity contribution >= 4 is 27.9 Å². The van der Waals surface area contributed by atoms with E-state index < -0.39 is 5.91 Å². The summed E-state index contributed by atoms with van der Waals surface area (Å²) in [5.74, 6) is 0.698. The predicted octanol–water partition coefficient (Wildman–Crippen LogP) is 3.29. The Morgan fingerprint density at radius 2 is 2.00 bits per heavy atom. The van der Waals surface area contributed by atoms with Crippen LogP contribution in [0.3, 0.4) is 0 Å². The van der Waals surface area contributed by atoms with Crippen LogP contribution in [0.25, 0.3) is 6.08 Å². The molecule has 6 heteroatoms. The SMILES string of the molecule is CC[C@H](C)NC(=O)/C(C#N)=C/c1cc(OC)c(OC)cc1Br. The van der Waals surface area contributed by atoms with Crippen LogP contribution in [0.2, 0.25) is 0 Å². The monoisotopic (exact) mass is 366 g/mol. The van der Waals surface area contributed by atoms with Crippen molar-refractivity contribution in [3.63, 3.8) is 0 Å². The van der Waals surface area contributed by atoms with Gasteiger partial charge in [0.05, 0.1) is 14.2 Å². The molecule has 0 heterocycles.